The highest BCUT2D eigenvalue weighted by atomic mass is 35.5. The molecule has 2 atom stereocenters. The highest BCUT2D eigenvalue weighted by Crippen LogP contribution is 2.40. The first-order chi connectivity index (χ1) is 10.1. The zero-order valence-corrected chi connectivity index (χ0v) is 13.2. The summed E-state index contributed by atoms with van der Waals surface area (Å²) >= 11 is 12.2. The molecule has 21 heavy (non-hydrogen) atoms. The third-order valence-electron chi connectivity index (χ3n) is 4.13. The first-order valence-electron chi connectivity index (χ1n) is 6.93. The quantitative estimate of drug-likeness (QED) is 0.910. The van der Waals surface area contributed by atoms with Crippen molar-refractivity contribution in [2.45, 2.75) is 24.8 Å². The van der Waals surface area contributed by atoms with Crippen molar-refractivity contribution in [2.24, 2.45) is 7.05 Å². The average Bonchev–Trinajstić information content (AvgIpc) is 2.84. The van der Waals surface area contributed by atoms with Crippen LogP contribution in [-0.2, 0) is 7.05 Å². The number of carbonyl (C=O) groups excluding carboxylic acids is 1. The zero-order valence-electron chi connectivity index (χ0n) is 11.6. The fourth-order valence-corrected chi connectivity index (χ4v) is 3.34. The molecule has 110 valence electrons. The second kappa shape index (κ2) is 5.74. The van der Waals surface area contributed by atoms with E-state index >= 15 is 0 Å². The second-order valence-corrected chi connectivity index (χ2v) is 6.28. The average molecular weight is 323 g/mol. The topological polar surface area (TPSA) is 34.0 Å². The van der Waals surface area contributed by atoms with Crippen LogP contribution in [0.25, 0.3) is 0 Å². The van der Waals surface area contributed by atoms with E-state index in [1.807, 2.05) is 42.1 Å². The Morgan fingerprint density at radius 1 is 1.29 bits per heavy atom. The molecular formula is C16H16Cl2N2O. The Kier molecular flexibility index (Phi) is 3.96. The van der Waals surface area contributed by atoms with Crippen LogP contribution in [0.1, 0.15) is 34.8 Å². The Bertz CT molecular complexity index is 681. The molecule has 0 unspecified atom stereocenters. The van der Waals surface area contributed by atoms with Gasteiger partial charge >= 0.3 is 0 Å². The molecule has 0 aliphatic heterocycles. The molecule has 0 saturated heterocycles. The molecule has 5 heteroatoms. The molecule has 0 bridgehead atoms. The summed E-state index contributed by atoms with van der Waals surface area (Å²) in [5.74, 6) is 0.223. The van der Waals surface area contributed by atoms with Gasteiger partial charge < -0.3 is 9.88 Å². The summed E-state index contributed by atoms with van der Waals surface area (Å²) in [4.78, 5) is 12.3. The highest BCUT2D eigenvalue weighted by Gasteiger charge is 2.34. The fourth-order valence-electron chi connectivity index (χ4n) is 2.79. The van der Waals surface area contributed by atoms with Gasteiger partial charge in [-0.2, -0.15) is 0 Å². The number of aromatic nitrogens is 1. The lowest BCUT2D eigenvalue weighted by Crippen LogP contribution is -2.45. The van der Waals surface area contributed by atoms with Crippen molar-refractivity contribution in [3.05, 3.63) is 57.8 Å². The van der Waals surface area contributed by atoms with E-state index in [0.717, 1.165) is 18.4 Å². The van der Waals surface area contributed by atoms with Gasteiger partial charge in [0, 0.05) is 35.2 Å². The molecule has 3 nitrogen and oxygen atoms in total. The lowest BCUT2D eigenvalue weighted by atomic mass is 9.75. The van der Waals surface area contributed by atoms with Gasteiger partial charge in [0.1, 0.15) is 5.69 Å². The van der Waals surface area contributed by atoms with Gasteiger partial charge in [-0.15, -0.1) is 0 Å². The molecule has 1 aliphatic rings. The molecule has 0 spiro atoms. The van der Waals surface area contributed by atoms with Gasteiger partial charge in [0.25, 0.3) is 5.91 Å². The first kappa shape index (κ1) is 14.5. The van der Waals surface area contributed by atoms with E-state index in [1.54, 1.807) is 6.07 Å². The van der Waals surface area contributed by atoms with Crippen molar-refractivity contribution in [3.8, 4) is 0 Å². The summed E-state index contributed by atoms with van der Waals surface area (Å²) < 4.78 is 1.82. The van der Waals surface area contributed by atoms with Crippen LogP contribution in [0, 0.1) is 0 Å². The van der Waals surface area contributed by atoms with Crippen LogP contribution in [-0.4, -0.2) is 16.5 Å². The number of aryl methyl sites for hydroxylation is 1. The predicted octanol–water partition coefficient (Wildman–Crippen LogP) is 4.01. The minimum Gasteiger partial charge on any atom is -0.347 e. The molecule has 1 heterocycles. The normalized spacial score (nSPS) is 20.9. The lowest BCUT2D eigenvalue weighted by Gasteiger charge is -2.38. The maximum atomic E-state index is 12.3. The number of hydrogen-bond donors (Lipinski definition) is 1. The molecule has 1 aromatic carbocycles. The standard InChI is InChI=1S/C16H16Cl2N2O/c1-20-8-2-3-15(20)16(21)19-14-7-6-12(14)11-5-4-10(17)9-13(11)18/h2-5,8-9,12,14H,6-7H2,1H3,(H,19,21)/t12-,14-/m0/s1. The second-order valence-electron chi connectivity index (χ2n) is 5.43. The maximum absolute atomic E-state index is 12.3. The van der Waals surface area contributed by atoms with Gasteiger partial charge in [-0.25, -0.2) is 0 Å². The van der Waals surface area contributed by atoms with Crippen molar-refractivity contribution in [2.75, 3.05) is 0 Å². The zero-order chi connectivity index (χ0) is 15.0. The molecule has 1 amide bonds. The minimum atomic E-state index is -0.0396. The molecular weight excluding hydrogens is 307 g/mol. The van der Waals surface area contributed by atoms with Crippen LogP contribution >= 0.6 is 23.2 Å². The van der Waals surface area contributed by atoms with E-state index < -0.39 is 0 Å². The van der Waals surface area contributed by atoms with Gasteiger partial charge in [-0.05, 0) is 42.7 Å². The number of hydrogen-bond acceptors (Lipinski definition) is 1. The third kappa shape index (κ3) is 2.81. The largest absolute Gasteiger partial charge is 0.347 e. The number of amides is 1. The minimum absolute atomic E-state index is 0.0396. The van der Waals surface area contributed by atoms with Crippen molar-refractivity contribution in [3.63, 3.8) is 0 Å². The van der Waals surface area contributed by atoms with Gasteiger partial charge in [0.2, 0.25) is 0 Å². The van der Waals surface area contributed by atoms with Crippen molar-refractivity contribution < 1.29 is 4.79 Å². The molecule has 2 aromatic rings. The van der Waals surface area contributed by atoms with E-state index in [4.69, 9.17) is 23.2 Å². The van der Waals surface area contributed by atoms with Crippen LogP contribution < -0.4 is 5.32 Å². The Morgan fingerprint density at radius 3 is 2.67 bits per heavy atom. The third-order valence-corrected chi connectivity index (χ3v) is 4.69. The Labute approximate surface area is 133 Å². The van der Waals surface area contributed by atoms with E-state index in [0.29, 0.717) is 15.7 Å². The van der Waals surface area contributed by atoms with Crippen molar-refractivity contribution in [1.82, 2.24) is 9.88 Å². The number of nitrogens with zero attached hydrogens (tertiary/aromatic N) is 1. The van der Waals surface area contributed by atoms with Crippen LogP contribution in [0.3, 0.4) is 0 Å². The van der Waals surface area contributed by atoms with Crippen LogP contribution in [0.4, 0.5) is 0 Å². The number of nitrogens with one attached hydrogen (secondary N) is 1. The van der Waals surface area contributed by atoms with Crippen molar-refractivity contribution >= 4 is 29.1 Å². The number of benzene rings is 1. The lowest BCUT2D eigenvalue weighted by molar-refractivity contribution is 0.0896. The first-order valence-corrected chi connectivity index (χ1v) is 7.69. The maximum Gasteiger partial charge on any atom is 0.268 e. The fraction of sp³-hybridized carbons (Fsp3) is 0.312. The summed E-state index contributed by atoms with van der Waals surface area (Å²) in [6.45, 7) is 0. The van der Waals surface area contributed by atoms with Crippen LogP contribution in [0.5, 0.6) is 0 Å². The van der Waals surface area contributed by atoms with E-state index in [2.05, 4.69) is 5.32 Å². The van der Waals surface area contributed by atoms with E-state index in [1.165, 1.54) is 0 Å². The highest BCUT2D eigenvalue weighted by molar-refractivity contribution is 6.35. The predicted molar refractivity (Wildman–Crippen MR) is 85.1 cm³/mol. The van der Waals surface area contributed by atoms with Gasteiger partial charge in [-0.1, -0.05) is 29.3 Å². The van der Waals surface area contributed by atoms with Gasteiger partial charge in [0.05, 0.1) is 0 Å². The monoisotopic (exact) mass is 322 g/mol. The molecule has 1 aromatic heterocycles. The summed E-state index contributed by atoms with van der Waals surface area (Å²) in [7, 11) is 1.86. The van der Waals surface area contributed by atoms with Crippen LogP contribution in [0.2, 0.25) is 10.0 Å². The van der Waals surface area contributed by atoms with Crippen molar-refractivity contribution in [1.29, 1.82) is 0 Å². The van der Waals surface area contributed by atoms with Gasteiger partial charge in [0.15, 0.2) is 0 Å². The van der Waals surface area contributed by atoms with Gasteiger partial charge in [-0.3, -0.25) is 4.79 Å². The summed E-state index contributed by atoms with van der Waals surface area (Å²) in [6, 6.07) is 9.37. The summed E-state index contributed by atoms with van der Waals surface area (Å²) in [5.41, 5.74) is 1.73. The Balaban J connectivity index is 1.73. The number of carbonyl (C=O) groups is 1. The number of rotatable bonds is 3. The molecule has 1 aliphatic carbocycles. The molecule has 3 rings (SSSR count). The number of halogens is 2. The van der Waals surface area contributed by atoms with E-state index in [-0.39, 0.29) is 17.9 Å². The smallest absolute Gasteiger partial charge is 0.268 e. The molecule has 1 N–H and O–H groups in total. The molecule has 1 fully saturated rings. The Hall–Kier alpha value is -1.45. The van der Waals surface area contributed by atoms with E-state index in [9.17, 15) is 4.79 Å². The SMILES string of the molecule is Cn1cccc1C(=O)N[C@H]1CC[C@H]1c1ccc(Cl)cc1Cl. The molecule has 0 radical (unpaired) electrons. The molecule has 1 saturated carbocycles. The van der Waals surface area contributed by atoms with Crippen LogP contribution in [0.15, 0.2) is 36.5 Å². The summed E-state index contributed by atoms with van der Waals surface area (Å²) in [5, 5.41) is 4.40. The Morgan fingerprint density at radius 2 is 2.10 bits per heavy atom. The summed E-state index contributed by atoms with van der Waals surface area (Å²) in [6.07, 6.45) is 3.86.